The predicted molar refractivity (Wildman–Crippen MR) is 41.8 cm³/mol. The van der Waals surface area contributed by atoms with Gasteiger partial charge in [-0.1, -0.05) is 0 Å². The number of aliphatic hydroxyl groups excluding tert-OH is 1. The SMILES string of the molecule is O=C1CNC(=O)N1CC(O)CCl. The number of carbonyl (C=O) groups excluding carboxylic acids is 2. The zero-order valence-corrected chi connectivity index (χ0v) is 7.04. The Bertz CT molecular complexity index is 193. The lowest BCUT2D eigenvalue weighted by atomic mass is 10.4. The number of hydrogen-bond acceptors (Lipinski definition) is 3. The van der Waals surface area contributed by atoms with Crippen molar-refractivity contribution in [2.75, 3.05) is 19.0 Å². The molecule has 0 aliphatic carbocycles. The van der Waals surface area contributed by atoms with Gasteiger partial charge in [0.05, 0.1) is 25.1 Å². The molecule has 2 N–H and O–H groups in total. The summed E-state index contributed by atoms with van der Waals surface area (Å²) in [7, 11) is 0. The Kier molecular flexibility index (Phi) is 2.88. The first kappa shape index (κ1) is 9.28. The molecule has 1 unspecified atom stereocenters. The summed E-state index contributed by atoms with van der Waals surface area (Å²) in [4.78, 5) is 22.8. The highest BCUT2D eigenvalue weighted by Gasteiger charge is 2.29. The minimum Gasteiger partial charge on any atom is -0.390 e. The van der Waals surface area contributed by atoms with Crippen molar-refractivity contribution in [2.24, 2.45) is 0 Å². The third-order valence-electron chi connectivity index (χ3n) is 1.51. The van der Waals surface area contributed by atoms with Crippen molar-refractivity contribution in [3.63, 3.8) is 0 Å². The van der Waals surface area contributed by atoms with Gasteiger partial charge in [0.2, 0.25) is 5.91 Å². The molecule has 1 rings (SSSR count). The number of alkyl halides is 1. The number of halogens is 1. The Balaban J connectivity index is 2.50. The number of nitrogens with one attached hydrogen (secondary N) is 1. The van der Waals surface area contributed by atoms with Crippen molar-refractivity contribution in [1.29, 1.82) is 0 Å². The van der Waals surface area contributed by atoms with Gasteiger partial charge in [0.1, 0.15) is 0 Å². The first-order chi connectivity index (χ1) is 5.65. The quantitative estimate of drug-likeness (QED) is 0.452. The molecule has 3 amide bonds. The van der Waals surface area contributed by atoms with E-state index in [4.69, 9.17) is 16.7 Å². The van der Waals surface area contributed by atoms with Crippen molar-refractivity contribution in [3.8, 4) is 0 Å². The van der Waals surface area contributed by atoms with E-state index in [0.29, 0.717) is 0 Å². The second-order valence-electron chi connectivity index (χ2n) is 2.47. The van der Waals surface area contributed by atoms with E-state index >= 15 is 0 Å². The zero-order valence-electron chi connectivity index (χ0n) is 6.29. The van der Waals surface area contributed by atoms with Gasteiger partial charge in [0.15, 0.2) is 0 Å². The van der Waals surface area contributed by atoms with Crippen molar-refractivity contribution in [2.45, 2.75) is 6.10 Å². The van der Waals surface area contributed by atoms with E-state index in [2.05, 4.69) is 5.32 Å². The Morgan fingerprint density at radius 2 is 2.33 bits per heavy atom. The van der Waals surface area contributed by atoms with Crippen LogP contribution in [0.3, 0.4) is 0 Å². The largest absolute Gasteiger partial charge is 0.390 e. The van der Waals surface area contributed by atoms with Gasteiger partial charge in [-0.25, -0.2) is 4.79 Å². The van der Waals surface area contributed by atoms with Crippen LogP contribution in [-0.4, -0.2) is 47.0 Å². The van der Waals surface area contributed by atoms with Gasteiger partial charge < -0.3 is 10.4 Å². The summed E-state index contributed by atoms with van der Waals surface area (Å²) >= 11 is 5.31. The van der Waals surface area contributed by atoms with E-state index in [1.165, 1.54) is 0 Å². The topological polar surface area (TPSA) is 69.6 Å². The second kappa shape index (κ2) is 3.73. The summed E-state index contributed by atoms with van der Waals surface area (Å²) in [6.07, 6.45) is -0.848. The van der Waals surface area contributed by atoms with E-state index in [1.807, 2.05) is 0 Å². The number of aliphatic hydroxyl groups is 1. The normalized spacial score (nSPS) is 19.7. The molecule has 0 aromatic heterocycles. The van der Waals surface area contributed by atoms with Gasteiger partial charge >= 0.3 is 6.03 Å². The fourth-order valence-electron chi connectivity index (χ4n) is 0.900. The zero-order chi connectivity index (χ0) is 9.14. The van der Waals surface area contributed by atoms with Crippen LogP contribution in [0.15, 0.2) is 0 Å². The van der Waals surface area contributed by atoms with Gasteiger partial charge in [-0.15, -0.1) is 11.6 Å². The van der Waals surface area contributed by atoms with Gasteiger partial charge in [-0.05, 0) is 0 Å². The highest BCUT2D eigenvalue weighted by molar-refractivity contribution is 6.18. The molecule has 0 aromatic carbocycles. The first-order valence-electron chi connectivity index (χ1n) is 3.47. The summed E-state index contributed by atoms with van der Waals surface area (Å²) in [6, 6.07) is -0.468. The molecule has 1 fully saturated rings. The van der Waals surface area contributed by atoms with Gasteiger partial charge in [0, 0.05) is 0 Å². The molecule has 0 bridgehead atoms. The average Bonchev–Trinajstić information content (AvgIpc) is 2.35. The van der Waals surface area contributed by atoms with Crippen LogP contribution in [0.5, 0.6) is 0 Å². The molecule has 1 saturated heterocycles. The van der Waals surface area contributed by atoms with Crippen molar-refractivity contribution >= 4 is 23.5 Å². The van der Waals surface area contributed by atoms with Crippen LogP contribution in [0, 0.1) is 0 Å². The molecule has 0 spiro atoms. The maximum absolute atomic E-state index is 10.9. The number of nitrogens with zero attached hydrogens (tertiary/aromatic N) is 1. The van der Waals surface area contributed by atoms with Crippen LogP contribution in [0.2, 0.25) is 0 Å². The summed E-state index contributed by atoms with van der Waals surface area (Å²) in [5, 5.41) is 11.4. The Morgan fingerprint density at radius 3 is 2.75 bits per heavy atom. The molecule has 6 heteroatoms. The molecule has 0 aromatic rings. The standard InChI is InChI=1S/C6H9ClN2O3/c7-1-4(10)3-9-5(11)2-8-6(9)12/h4,10H,1-3H2,(H,8,12). The maximum Gasteiger partial charge on any atom is 0.324 e. The van der Waals surface area contributed by atoms with Crippen LogP contribution in [-0.2, 0) is 4.79 Å². The number of amides is 3. The van der Waals surface area contributed by atoms with Crippen LogP contribution in [0.4, 0.5) is 4.79 Å². The lowest BCUT2D eigenvalue weighted by Gasteiger charge is -2.14. The molecular weight excluding hydrogens is 184 g/mol. The van der Waals surface area contributed by atoms with E-state index in [-0.39, 0.29) is 24.9 Å². The third kappa shape index (κ3) is 1.86. The van der Waals surface area contributed by atoms with Crippen molar-refractivity contribution in [1.82, 2.24) is 10.2 Å². The van der Waals surface area contributed by atoms with E-state index in [9.17, 15) is 9.59 Å². The highest BCUT2D eigenvalue weighted by atomic mass is 35.5. The maximum atomic E-state index is 10.9. The molecule has 12 heavy (non-hydrogen) atoms. The number of rotatable bonds is 3. The number of carbonyl (C=O) groups is 2. The molecule has 1 heterocycles. The summed E-state index contributed by atoms with van der Waals surface area (Å²) < 4.78 is 0. The number of imide groups is 1. The molecular formula is C6H9ClN2O3. The van der Waals surface area contributed by atoms with Crippen LogP contribution in [0.25, 0.3) is 0 Å². The summed E-state index contributed by atoms with van der Waals surface area (Å²) in [5.41, 5.74) is 0. The Hall–Kier alpha value is -0.810. The van der Waals surface area contributed by atoms with Gasteiger partial charge in [-0.3, -0.25) is 9.69 Å². The third-order valence-corrected chi connectivity index (χ3v) is 1.86. The lowest BCUT2D eigenvalue weighted by Crippen LogP contribution is -2.38. The van der Waals surface area contributed by atoms with Gasteiger partial charge in [-0.2, -0.15) is 0 Å². The van der Waals surface area contributed by atoms with Crippen molar-refractivity contribution < 1.29 is 14.7 Å². The molecule has 0 radical (unpaired) electrons. The number of hydrogen-bond donors (Lipinski definition) is 2. The highest BCUT2D eigenvalue weighted by Crippen LogP contribution is 2.01. The first-order valence-corrected chi connectivity index (χ1v) is 4.01. The summed E-state index contributed by atoms with van der Waals surface area (Å²) in [5.74, 6) is -0.319. The van der Waals surface area contributed by atoms with Gasteiger partial charge in [0.25, 0.3) is 0 Å². The van der Waals surface area contributed by atoms with Crippen LogP contribution in [0.1, 0.15) is 0 Å². The van der Waals surface area contributed by atoms with E-state index in [1.54, 1.807) is 0 Å². The van der Waals surface area contributed by atoms with Crippen molar-refractivity contribution in [3.05, 3.63) is 0 Å². The second-order valence-corrected chi connectivity index (χ2v) is 2.78. The van der Waals surface area contributed by atoms with Crippen LogP contribution >= 0.6 is 11.6 Å². The summed E-state index contributed by atoms with van der Waals surface area (Å²) in [6.45, 7) is -0.0258. The minimum absolute atomic E-state index is 0.00778. The predicted octanol–water partition coefficient (Wildman–Crippen LogP) is -0.862. The monoisotopic (exact) mass is 192 g/mol. The molecule has 1 atom stereocenters. The number of urea groups is 1. The fraction of sp³-hybridized carbons (Fsp3) is 0.667. The smallest absolute Gasteiger partial charge is 0.324 e. The Morgan fingerprint density at radius 1 is 1.67 bits per heavy atom. The molecule has 1 aliphatic heterocycles. The molecule has 1 aliphatic rings. The lowest BCUT2D eigenvalue weighted by molar-refractivity contribution is -0.125. The molecule has 68 valence electrons. The van der Waals surface area contributed by atoms with E-state index in [0.717, 1.165) is 4.90 Å². The molecule has 0 saturated carbocycles. The Labute approximate surface area is 74.3 Å². The molecule has 5 nitrogen and oxygen atoms in total. The fourth-order valence-corrected chi connectivity index (χ4v) is 0.997. The van der Waals surface area contributed by atoms with Crippen LogP contribution < -0.4 is 5.32 Å². The minimum atomic E-state index is -0.848. The number of β-amino-alcohol motifs (C(OH)–C–C–N with tert-alkyl or cyclic N) is 1. The van der Waals surface area contributed by atoms with E-state index < -0.39 is 12.1 Å². The average molecular weight is 193 g/mol.